The van der Waals surface area contributed by atoms with Crippen molar-refractivity contribution in [2.45, 2.75) is 0 Å². The van der Waals surface area contributed by atoms with Gasteiger partial charge in [0.05, 0.1) is 13.7 Å². The molecule has 2 nitrogen and oxygen atoms in total. The number of aliphatic hydroxyl groups excluding tert-OH is 1. The van der Waals surface area contributed by atoms with Crippen LogP contribution in [0.2, 0.25) is 0 Å². The van der Waals surface area contributed by atoms with Gasteiger partial charge in [0.2, 0.25) is 0 Å². The van der Waals surface area contributed by atoms with Crippen molar-refractivity contribution in [3.63, 3.8) is 0 Å². The summed E-state index contributed by atoms with van der Waals surface area (Å²) in [6.07, 6.45) is 3.27. The fourth-order valence-electron chi connectivity index (χ4n) is 0.969. The van der Waals surface area contributed by atoms with Gasteiger partial charge < -0.3 is 9.84 Å². The molecule has 0 amide bonds. The Kier molecular flexibility index (Phi) is 3.46. The molecular formula is C10H11FO2. The maximum atomic E-state index is 12.9. The standard InChI is InChI=1S/C10H11FO2/c1-13-10-7-8(3-2-6-12)4-5-9(10)11/h2-5,7,12H,6H2,1H3/b3-2+. The Morgan fingerprint density at radius 2 is 2.31 bits per heavy atom. The van der Waals surface area contributed by atoms with Crippen LogP contribution < -0.4 is 4.74 Å². The first kappa shape index (κ1) is 9.74. The third-order valence-electron chi connectivity index (χ3n) is 1.59. The number of methoxy groups -OCH3 is 1. The van der Waals surface area contributed by atoms with Crippen LogP contribution in [-0.2, 0) is 0 Å². The van der Waals surface area contributed by atoms with E-state index in [2.05, 4.69) is 0 Å². The van der Waals surface area contributed by atoms with Crippen molar-refractivity contribution < 1.29 is 14.2 Å². The number of ether oxygens (including phenoxy) is 1. The smallest absolute Gasteiger partial charge is 0.165 e. The van der Waals surface area contributed by atoms with Gasteiger partial charge in [-0.15, -0.1) is 0 Å². The monoisotopic (exact) mass is 182 g/mol. The Balaban J connectivity index is 2.92. The van der Waals surface area contributed by atoms with E-state index in [0.717, 1.165) is 5.56 Å². The van der Waals surface area contributed by atoms with Crippen molar-refractivity contribution in [1.82, 2.24) is 0 Å². The van der Waals surface area contributed by atoms with Crippen molar-refractivity contribution in [1.29, 1.82) is 0 Å². The van der Waals surface area contributed by atoms with Gasteiger partial charge in [-0.3, -0.25) is 0 Å². The van der Waals surface area contributed by atoms with Gasteiger partial charge in [-0.1, -0.05) is 18.2 Å². The molecule has 0 saturated heterocycles. The zero-order valence-electron chi connectivity index (χ0n) is 7.33. The van der Waals surface area contributed by atoms with E-state index < -0.39 is 0 Å². The molecule has 0 saturated carbocycles. The van der Waals surface area contributed by atoms with E-state index in [-0.39, 0.29) is 18.2 Å². The average molecular weight is 182 g/mol. The SMILES string of the molecule is COc1cc(/C=C/CO)ccc1F. The maximum absolute atomic E-state index is 12.9. The quantitative estimate of drug-likeness (QED) is 0.772. The van der Waals surface area contributed by atoms with Crippen LogP contribution in [0.4, 0.5) is 4.39 Å². The highest BCUT2D eigenvalue weighted by Gasteiger charge is 2.00. The first-order chi connectivity index (χ1) is 6.27. The fraction of sp³-hybridized carbons (Fsp3) is 0.200. The second-order valence-corrected chi connectivity index (χ2v) is 2.48. The van der Waals surface area contributed by atoms with E-state index >= 15 is 0 Å². The van der Waals surface area contributed by atoms with Crippen molar-refractivity contribution in [3.05, 3.63) is 35.7 Å². The predicted molar refractivity (Wildman–Crippen MR) is 49.1 cm³/mol. The molecule has 0 aromatic heterocycles. The summed E-state index contributed by atoms with van der Waals surface area (Å²) in [6, 6.07) is 4.52. The molecule has 1 aromatic rings. The molecule has 0 spiro atoms. The minimum Gasteiger partial charge on any atom is -0.494 e. The van der Waals surface area contributed by atoms with Crippen molar-refractivity contribution in [2.24, 2.45) is 0 Å². The number of hydrogen-bond acceptors (Lipinski definition) is 2. The number of hydrogen-bond donors (Lipinski definition) is 1. The molecule has 1 N–H and O–H groups in total. The molecule has 0 fully saturated rings. The lowest BCUT2D eigenvalue weighted by Crippen LogP contribution is -1.88. The predicted octanol–water partition coefficient (Wildman–Crippen LogP) is 1.84. The Labute approximate surface area is 76.3 Å². The van der Waals surface area contributed by atoms with Gasteiger partial charge in [0.25, 0.3) is 0 Å². The van der Waals surface area contributed by atoms with Gasteiger partial charge >= 0.3 is 0 Å². The van der Waals surface area contributed by atoms with E-state index in [9.17, 15) is 4.39 Å². The number of benzene rings is 1. The Morgan fingerprint density at radius 3 is 2.92 bits per heavy atom. The Morgan fingerprint density at radius 1 is 1.54 bits per heavy atom. The minimum atomic E-state index is -0.386. The molecule has 70 valence electrons. The summed E-state index contributed by atoms with van der Waals surface area (Å²) in [5.74, 6) is -0.177. The first-order valence-corrected chi connectivity index (χ1v) is 3.89. The van der Waals surface area contributed by atoms with E-state index in [1.807, 2.05) is 0 Å². The summed E-state index contributed by atoms with van der Waals surface area (Å²) in [5, 5.41) is 8.52. The van der Waals surface area contributed by atoms with Gasteiger partial charge in [-0.05, 0) is 17.7 Å². The first-order valence-electron chi connectivity index (χ1n) is 3.89. The molecule has 0 aliphatic carbocycles. The lowest BCUT2D eigenvalue weighted by Gasteiger charge is -2.01. The van der Waals surface area contributed by atoms with Crippen molar-refractivity contribution in [2.75, 3.05) is 13.7 Å². The molecule has 0 bridgehead atoms. The van der Waals surface area contributed by atoms with Crippen LogP contribution in [0.5, 0.6) is 5.75 Å². The van der Waals surface area contributed by atoms with Crippen LogP contribution in [0.1, 0.15) is 5.56 Å². The fourth-order valence-corrected chi connectivity index (χ4v) is 0.969. The van der Waals surface area contributed by atoms with Crippen LogP contribution in [0.15, 0.2) is 24.3 Å². The van der Waals surface area contributed by atoms with Crippen molar-refractivity contribution >= 4 is 6.08 Å². The normalized spacial score (nSPS) is 10.7. The molecule has 1 rings (SSSR count). The van der Waals surface area contributed by atoms with E-state index in [0.29, 0.717) is 0 Å². The molecule has 1 aromatic carbocycles. The lowest BCUT2D eigenvalue weighted by molar-refractivity contribution is 0.343. The molecule has 0 unspecified atom stereocenters. The molecule has 0 atom stereocenters. The largest absolute Gasteiger partial charge is 0.494 e. The zero-order chi connectivity index (χ0) is 9.68. The van der Waals surface area contributed by atoms with E-state index in [1.165, 1.54) is 13.2 Å². The number of halogens is 1. The molecule has 0 aliphatic rings. The Hall–Kier alpha value is -1.35. The van der Waals surface area contributed by atoms with E-state index in [4.69, 9.17) is 9.84 Å². The molecule has 0 aliphatic heterocycles. The minimum absolute atomic E-state index is 0.0281. The van der Waals surface area contributed by atoms with Crippen LogP contribution in [0.3, 0.4) is 0 Å². The summed E-state index contributed by atoms with van der Waals surface area (Å²) < 4.78 is 17.7. The van der Waals surface area contributed by atoms with Gasteiger partial charge in [0.15, 0.2) is 11.6 Å². The van der Waals surface area contributed by atoms with Crippen LogP contribution in [-0.4, -0.2) is 18.8 Å². The molecular weight excluding hydrogens is 171 g/mol. The average Bonchev–Trinajstić information content (AvgIpc) is 2.16. The van der Waals surface area contributed by atoms with Gasteiger partial charge in [-0.2, -0.15) is 0 Å². The topological polar surface area (TPSA) is 29.5 Å². The highest BCUT2D eigenvalue weighted by atomic mass is 19.1. The molecule has 3 heteroatoms. The second-order valence-electron chi connectivity index (χ2n) is 2.48. The molecule has 13 heavy (non-hydrogen) atoms. The summed E-state index contributed by atoms with van der Waals surface area (Å²) in [6.45, 7) is -0.0281. The maximum Gasteiger partial charge on any atom is 0.165 e. The summed E-state index contributed by atoms with van der Waals surface area (Å²) >= 11 is 0. The lowest BCUT2D eigenvalue weighted by atomic mass is 10.2. The third-order valence-corrected chi connectivity index (χ3v) is 1.59. The molecule has 0 heterocycles. The van der Waals surface area contributed by atoms with Crippen LogP contribution in [0, 0.1) is 5.82 Å². The highest BCUT2D eigenvalue weighted by Crippen LogP contribution is 2.18. The number of aliphatic hydroxyl groups is 1. The summed E-state index contributed by atoms with van der Waals surface area (Å²) in [4.78, 5) is 0. The third kappa shape index (κ3) is 2.56. The van der Waals surface area contributed by atoms with Gasteiger partial charge in [0, 0.05) is 0 Å². The zero-order valence-corrected chi connectivity index (χ0v) is 7.33. The second kappa shape index (κ2) is 4.62. The van der Waals surface area contributed by atoms with Gasteiger partial charge in [-0.25, -0.2) is 4.39 Å². The summed E-state index contributed by atoms with van der Waals surface area (Å²) in [7, 11) is 1.41. The van der Waals surface area contributed by atoms with Crippen LogP contribution in [0.25, 0.3) is 6.08 Å². The van der Waals surface area contributed by atoms with E-state index in [1.54, 1.807) is 24.3 Å². The van der Waals surface area contributed by atoms with Gasteiger partial charge in [0.1, 0.15) is 0 Å². The molecule has 0 radical (unpaired) electrons. The Bertz CT molecular complexity index is 308. The van der Waals surface area contributed by atoms with Crippen LogP contribution >= 0.6 is 0 Å². The van der Waals surface area contributed by atoms with Crippen molar-refractivity contribution in [3.8, 4) is 5.75 Å². The number of rotatable bonds is 3. The highest BCUT2D eigenvalue weighted by molar-refractivity contribution is 5.52. The summed E-state index contributed by atoms with van der Waals surface area (Å²) in [5.41, 5.74) is 0.798.